The van der Waals surface area contributed by atoms with Gasteiger partial charge in [0.05, 0.1) is 14.2 Å². The summed E-state index contributed by atoms with van der Waals surface area (Å²) in [4.78, 5) is 12.2. The lowest BCUT2D eigenvalue weighted by Gasteiger charge is -2.10. The molecule has 0 heterocycles. The molecule has 1 amide bonds. The Morgan fingerprint density at radius 1 is 1.05 bits per heavy atom. The summed E-state index contributed by atoms with van der Waals surface area (Å²) in [6.45, 7) is 2.52. The minimum absolute atomic E-state index is 0.141. The monoisotopic (exact) mass is 285 g/mol. The maximum Gasteiger partial charge on any atom is 0.251 e. The van der Waals surface area contributed by atoms with Crippen LogP contribution in [0.5, 0.6) is 11.5 Å². The molecule has 0 saturated heterocycles. The molecule has 2 aromatic carbocycles. The number of carbonyl (C=O) groups excluding carboxylic acids is 1. The summed E-state index contributed by atoms with van der Waals surface area (Å²) in [5.41, 5.74) is 2.79. The number of methoxy groups -OCH3 is 2. The van der Waals surface area contributed by atoms with Crippen LogP contribution in [-0.2, 0) is 6.54 Å². The molecule has 4 heteroatoms. The number of rotatable bonds is 5. The summed E-state index contributed by atoms with van der Waals surface area (Å²) in [7, 11) is 3.11. The minimum atomic E-state index is -0.141. The molecule has 0 aromatic heterocycles. The lowest BCUT2D eigenvalue weighted by Crippen LogP contribution is -2.22. The van der Waals surface area contributed by atoms with Crippen molar-refractivity contribution in [1.82, 2.24) is 5.32 Å². The van der Waals surface area contributed by atoms with Crippen molar-refractivity contribution < 1.29 is 14.3 Å². The first-order valence-electron chi connectivity index (χ1n) is 6.70. The lowest BCUT2D eigenvalue weighted by molar-refractivity contribution is 0.0950. The highest BCUT2D eigenvalue weighted by Crippen LogP contribution is 2.27. The first kappa shape index (κ1) is 14.9. The molecule has 0 spiro atoms. The summed E-state index contributed by atoms with van der Waals surface area (Å²) in [5, 5.41) is 2.90. The van der Waals surface area contributed by atoms with E-state index in [9.17, 15) is 4.79 Å². The zero-order chi connectivity index (χ0) is 15.2. The molecule has 0 aliphatic rings. The summed E-state index contributed by atoms with van der Waals surface area (Å²) in [6, 6.07) is 13.2. The second kappa shape index (κ2) is 6.79. The number of nitrogens with one attached hydrogen (secondary N) is 1. The highest BCUT2D eigenvalue weighted by molar-refractivity contribution is 5.94. The fraction of sp³-hybridized carbons (Fsp3) is 0.235. The summed E-state index contributed by atoms with van der Waals surface area (Å²) < 4.78 is 10.4. The largest absolute Gasteiger partial charge is 0.493 e. The summed E-state index contributed by atoms with van der Waals surface area (Å²) >= 11 is 0. The summed E-state index contributed by atoms with van der Waals surface area (Å²) in [5.74, 6) is 1.01. The third-order valence-corrected chi connectivity index (χ3v) is 3.18. The smallest absolute Gasteiger partial charge is 0.251 e. The maximum absolute atomic E-state index is 12.2. The van der Waals surface area contributed by atoms with Crippen LogP contribution in [-0.4, -0.2) is 20.1 Å². The van der Waals surface area contributed by atoms with Crippen LogP contribution in [0, 0.1) is 6.92 Å². The standard InChI is InChI=1S/C17H19NO3/c1-12-5-4-6-13(9-12)11-18-17(19)14-7-8-15(20-2)16(10-14)21-3/h4-10H,11H2,1-3H3,(H,18,19). The van der Waals surface area contributed by atoms with E-state index < -0.39 is 0 Å². The van der Waals surface area contributed by atoms with Crippen molar-refractivity contribution in [3.05, 3.63) is 59.2 Å². The van der Waals surface area contributed by atoms with Crippen LogP contribution in [0.4, 0.5) is 0 Å². The predicted molar refractivity (Wildman–Crippen MR) is 81.9 cm³/mol. The highest BCUT2D eigenvalue weighted by Gasteiger charge is 2.10. The topological polar surface area (TPSA) is 47.6 Å². The molecule has 110 valence electrons. The van der Waals surface area contributed by atoms with E-state index in [4.69, 9.17) is 9.47 Å². The molecule has 2 rings (SSSR count). The quantitative estimate of drug-likeness (QED) is 0.918. The van der Waals surface area contributed by atoms with Crippen LogP contribution in [0.25, 0.3) is 0 Å². The van der Waals surface area contributed by atoms with Gasteiger partial charge in [-0.15, -0.1) is 0 Å². The van der Waals surface area contributed by atoms with Gasteiger partial charge in [-0.3, -0.25) is 4.79 Å². The average Bonchev–Trinajstić information content (AvgIpc) is 2.52. The van der Waals surface area contributed by atoms with Crippen molar-refractivity contribution in [1.29, 1.82) is 0 Å². The lowest BCUT2D eigenvalue weighted by atomic mass is 10.1. The predicted octanol–water partition coefficient (Wildman–Crippen LogP) is 2.94. The number of carbonyl (C=O) groups is 1. The Kier molecular flexibility index (Phi) is 4.82. The van der Waals surface area contributed by atoms with Crippen molar-refractivity contribution in [3.8, 4) is 11.5 Å². The van der Waals surface area contributed by atoms with Crippen LogP contribution in [0.3, 0.4) is 0 Å². The van der Waals surface area contributed by atoms with Gasteiger partial charge in [-0.2, -0.15) is 0 Å². The van der Waals surface area contributed by atoms with E-state index in [0.717, 1.165) is 5.56 Å². The van der Waals surface area contributed by atoms with Crippen LogP contribution >= 0.6 is 0 Å². The van der Waals surface area contributed by atoms with Crippen LogP contribution in [0.1, 0.15) is 21.5 Å². The molecular weight excluding hydrogens is 266 g/mol. The fourth-order valence-electron chi connectivity index (χ4n) is 2.08. The van der Waals surface area contributed by atoms with Crippen molar-refractivity contribution >= 4 is 5.91 Å². The number of ether oxygens (including phenoxy) is 2. The van der Waals surface area contributed by atoms with Crippen molar-refractivity contribution in [3.63, 3.8) is 0 Å². The van der Waals surface area contributed by atoms with Gasteiger partial charge in [0.25, 0.3) is 5.91 Å². The zero-order valence-electron chi connectivity index (χ0n) is 12.5. The molecule has 0 aliphatic heterocycles. The third-order valence-electron chi connectivity index (χ3n) is 3.18. The van der Waals surface area contributed by atoms with E-state index in [0.29, 0.717) is 23.6 Å². The summed E-state index contributed by atoms with van der Waals surface area (Å²) in [6.07, 6.45) is 0. The molecule has 1 N–H and O–H groups in total. The number of benzene rings is 2. The van der Waals surface area contributed by atoms with Gasteiger partial charge in [-0.1, -0.05) is 29.8 Å². The van der Waals surface area contributed by atoms with Gasteiger partial charge in [0.1, 0.15) is 0 Å². The van der Waals surface area contributed by atoms with Crippen LogP contribution in [0.2, 0.25) is 0 Å². The second-order valence-corrected chi connectivity index (χ2v) is 4.74. The molecule has 0 aliphatic carbocycles. The number of hydrogen-bond donors (Lipinski definition) is 1. The van der Waals surface area contributed by atoms with Crippen molar-refractivity contribution in [2.45, 2.75) is 13.5 Å². The Bertz CT molecular complexity index is 638. The zero-order valence-corrected chi connectivity index (χ0v) is 12.5. The normalized spacial score (nSPS) is 10.0. The number of aryl methyl sites for hydroxylation is 1. The van der Waals surface area contributed by atoms with E-state index in [1.807, 2.05) is 25.1 Å². The Morgan fingerprint density at radius 3 is 2.48 bits per heavy atom. The van der Waals surface area contributed by atoms with E-state index in [1.54, 1.807) is 32.4 Å². The first-order valence-corrected chi connectivity index (χ1v) is 6.70. The van der Waals surface area contributed by atoms with Gasteiger partial charge >= 0.3 is 0 Å². The Labute approximate surface area is 124 Å². The van der Waals surface area contributed by atoms with Gasteiger partial charge in [0.15, 0.2) is 11.5 Å². The van der Waals surface area contributed by atoms with Gasteiger partial charge in [0.2, 0.25) is 0 Å². The van der Waals surface area contributed by atoms with Crippen LogP contribution < -0.4 is 14.8 Å². The highest BCUT2D eigenvalue weighted by atomic mass is 16.5. The molecule has 0 unspecified atom stereocenters. The van der Waals surface area contributed by atoms with Gasteiger partial charge in [-0.25, -0.2) is 0 Å². The molecule has 21 heavy (non-hydrogen) atoms. The minimum Gasteiger partial charge on any atom is -0.493 e. The Morgan fingerprint density at radius 2 is 1.81 bits per heavy atom. The molecule has 0 saturated carbocycles. The van der Waals surface area contributed by atoms with E-state index in [-0.39, 0.29) is 5.91 Å². The second-order valence-electron chi connectivity index (χ2n) is 4.74. The van der Waals surface area contributed by atoms with Crippen molar-refractivity contribution in [2.75, 3.05) is 14.2 Å². The molecule has 0 fully saturated rings. The molecule has 0 radical (unpaired) electrons. The van der Waals surface area contributed by atoms with E-state index in [2.05, 4.69) is 11.4 Å². The molecular formula is C17H19NO3. The first-order chi connectivity index (χ1) is 10.1. The fourth-order valence-corrected chi connectivity index (χ4v) is 2.08. The molecule has 0 atom stereocenters. The number of amides is 1. The van der Waals surface area contributed by atoms with Gasteiger partial charge in [0, 0.05) is 12.1 Å². The number of hydrogen-bond acceptors (Lipinski definition) is 3. The van der Waals surface area contributed by atoms with E-state index in [1.165, 1.54) is 5.56 Å². The average molecular weight is 285 g/mol. The SMILES string of the molecule is COc1ccc(C(=O)NCc2cccc(C)c2)cc1OC. The maximum atomic E-state index is 12.2. The molecule has 0 bridgehead atoms. The van der Waals surface area contributed by atoms with Gasteiger partial charge in [-0.05, 0) is 30.7 Å². The van der Waals surface area contributed by atoms with E-state index >= 15 is 0 Å². The molecule has 4 nitrogen and oxygen atoms in total. The Balaban J connectivity index is 2.06. The molecule has 2 aromatic rings. The third kappa shape index (κ3) is 3.75. The Hall–Kier alpha value is -2.49. The van der Waals surface area contributed by atoms with Crippen molar-refractivity contribution in [2.24, 2.45) is 0 Å². The van der Waals surface area contributed by atoms with Crippen LogP contribution in [0.15, 0.2) is 42.5 Å². The van der Waals surface area contributed by atoms with Gasteiger partial charge < -0.3 is 14.8 Å².